The number of aryl methyl sites for hydroxylation is 2. The molecule has 5 heteroatoms. The van der Waals surface area contributed by atoms with E-state index in [4.69, 9.17) is 4.74 Å². The summed E-state index contributed by atoms with van der Waals surface area (Å²) in [5, 5.41) is 4.19. The minimum atomic E-state index is 0.0435. The third-order valence-electron chi connectivity index (χ3n) is 2.91. The van der Waals surface area contributed by atoms with Crippen LogP contribution in [0.3, 0.4) is 0 Å². The third-order valence-corrected chi connectivity index (χ3v) is 3.40. The first-order valence-electron chi connectivity index (χ1n) is 5.87. The maximum Gasteiger partial charge on any atom is 0.170 e. The van der Waals surface area contributed by atoms with Crippen LogP contribution in [0.15, 0.2) is 28.9 Å². The smallest absolute Gasteiger partial charge is 0.170 e. The molecule has 0 aliphatic heterocycles. The van der Waals surface area contributed by atoms with E-state index in [1.165, 1.54) is 0 Å². The Morgan fingerprint density at radius 1 is 1.47 bits per heavy atom. The van der Waals surface area contributed by atoms with Crippen molar-refractivity contribution in [2.45, 2.75) is 13.3 Å². The Balaban J connectivity index is 2.28. The normalized spacial score (nSPS) is 10.5. The second kappa shape index (κ2) is 5.57. The molecule has 1 aromatic heterocycles. The van der Waals surface area contributed by atoms with Crippen molar-refractivity contribution in [2.75, 3.05) is 7.11 Å². The average Bonchev–Trinajstić information content (AvgIpc) is 2.69. The van der Waals surface area contributed by atoms with Crippen molar-refractivity contribution in [3.8, 4) is 5.75 Å². The quantitative estimate of drug-likeness (QED) is 0.813. The lowest BCUT2D eigenvalue weighted by molar-refractivity contribution is 0.0991. The lowest BCUT2D eigenvalue weighted by Gasteiger charge is -2.08. The Kier molecular flexibility index (Phi) is 4.04. The van der Waals surface area contributed by atoms with Gasteiger partial charge in [-0.2, -0.15) is 5.10 Å². The largest absolute Gasteiger partial charge is 0.496 e. The molecule has 100 valence electrons. The monoisotopic (exact) mass is 322 g/mol. The second-order valence-electron chi connectivity index (χ2n) is 4.36. The zero-order chi connectivity index (χ0) is 14.0. The minimum absolute atomic E-state index is 0.0435. The van der Waals surface area contributed by atoms with Gasteiger partial charge in [-0.15, -0.1) is 0 Å². The van der Waals surface area contributed by atoms with Crippen molar-refractivity contribution in [2.24, 2.45) is 7.05 Å². The second-order valence-corrected chi connectivity index (χ2v) is 5.27. The van der Waals surface area contributed by atoms with Gasteiger partial charge in [0.2, 0.25) is 0 Å². The molecule has 0 saturated carbocycles. The Morgan fingerprint density at radius 3 is 2.79 bits per heavy atom. The van der Waals surface area contributed by atoms with E-state index in [-0.39, 0.29) is 5.78 Å². The first kappa shape index (κ1) is 13.8. The average molecular weight is 323 g/mol. The van der Waals surface area contributed by atoms with Gasteiger partial charge in [0, 0.05) is 29.7 Å². The standard InChI is InChI=1S/C14H15BrN2O2/c1-9-12(8-17(2)16-9)13(18)7-10-6-11(15)4-5-14(10)19-3/h4-6,8H,7H2,1-3H3. The van der Waals surface area contributed by atoms with Crippen LogP contribution in [0.4, 0.5) is 0 Å². The molecule has 0 spiro atoms. The zero-order valence-corrected chi connectivity index (χ0v) is 12.7. The van der Waals surface area contributed by atoms with E-state index >= 15 is 0 Å². The summed E-state index contributed by atoms with van der Waals surface area (Å²) < 4.78 is 7.86. The van der Waals surface area contributed by atoms with Crippen molar-refractivity contribution < 1.29 is 9.53 Å². The Morgan fingerprint density at radius 2 is 2.21 bits per heavy atom. The number of aromatic nitrogens is 2. The fourth-order valence-corrected chi connectivity index (χ4v) is 2.44. The van der Waals surface area contributed by atoms with Gasteiger partial charge in [-0.25, -0.2) is 0 Å². The molecular formula is C14H15BrN2O2. The Bertz CT molecular complexity index is 620. The van der Waals surface area contributed by atoms with Gasteiger partial charge in [-0.05, 0) is 25.1 Å². The number of ketones is 1. The molecule has 1 heterocycles. The van der Waals surface area contributed by atoms with Gasteiger partial charge < -0.3 is 4.74 Å². The molecule has 0 unspecified atom stereocenters. The third kappa shape index (κ3) is 3.04. The van der Waals surface area contributed by atoms with Gasteiger partial charge in [0.25, 0.3) is 0 Å². The number of hydrogen-bond acceptors (Lipinski definition) is 3. The molecule has 0 amide bonds. The number of nitrogens with zero attached hydrogens (tertiary/aromatic N) is 2. The number of carbonyl (C=O) groups excluding carboxylic acids is 1. The molecule has 19 heavy (non-hydrogen) atoms. The van der Waals surface area contributed by atoms with Crippen LogP contribution in [0.5, 0.6) is 5.75 Å². The van der Waals surface area contributed by atoms with Crippen molar-refractivity contribution in [1.29, 1.82) is 0 Å². The van der Waals surface area contributed by atoms with Gasteiger partial charge in [0.1, 0.15) is 5.75 Å². The molecule has 0 radical (unpaired) electrons. The number of ether oxygens (including phenoxy) is 1. The minimum Gasteiger partial charge on any atom is -0.496 e. The molecule has 0 fully saturated rings. The summed E-state index contributed by atoms with van der Waals surface area (Å²) in [4.78, 5) is 12.3. The van der Waals surface area contributed by atoms with Crippen LogP contribution in [0.1, 0.15) is 21.6 Å². The number of halogens is 1. The molecule has 0 N–H and O–H groups in total. The van der Waals surface area contributed by atoms with E-state index in [0.29, 0.717) is 12.0 Å². The van der Waals surface area contributed by atoms with E-state index in [0.717, 1.165) is 21.5 Å². The van der Waals surface area contributed by atoms with Crippen molar-refractivity contribution in [1.82, 2.24) is 9.78 Å². The molecule has 0 aliphatic carbocycles. The van der Waals surface area contributed by atoms with E-state index in [1.807, 2.05) is 32.2 Å². The number of hydrogen-bond donors (Lipinski definition) is 0. The lowest BCUT2D eigenvalue weighted by Crippen LogP contribution is -2.05. The van der Waals surface area contributed by atoms with E-state index in [1.54, 1.807) is 18.0 Å². The van der Waals surface area contributed by atoms with Crippen LogP contribution in [0.25, 0.3) is 0 Å². The molecule has 2 aromatic rings. The molecule has 0 bridgehead atoms. The summed E-state index contributed by atoms with van der Waals surface area (Å²) in [7, 11) is 3.41. The SMILES string of the molecule is COc1ccc(Br)cc1CC(=O)c1cn(C)nc1C. The van der Waals surface area contributed by atoms with E-state index < -0.39 is 0 Å². The predicted octanol–water partition coefficient (Wildman–Crippen LogP) is 2.93. The summed E-state index contributed by atoms with van der Waals surface area (Å²) in [5.41, 5.74) is 2.27. The van der Waals surface area contributed by atoms with Crippen LogP contribution >= 0.6 is 15.9 Å². The highest BCUT2D eigenvalue weighted by Gasteiger charge is 2.15. The molecular weight excluding hydrogens is 308 g/mol. The highest BCUT2D eigenvalue weighted by atomic mass is 79.9. The summed E-state index contributed by atoms with van der Waals surface area (Å²) >= 11 is 3.41. The summed E-state index contributed by atoms with van der Waals surface area (Å²) in [5.74, 6) is 0.764. The van der Waals surface area contributed by atoms with Crippen molar-refractivity contribution >= 4 is 21.7 Å². The molecule has 1 aromatic carbocycles. The molecule has 0 atom stereocenters. The fourth-order valence-electron chi connectivity index (χ4n) is 2.03. The number of carbonyl (C=O) groups is 1. The highest BCUT2D eigenvalue weighted by molar-refractivity contribution is 9.10. The van der Waals surface area contributed by atoms with Crippen molar-refractivity contribution in [3.05, 3.63) is 45.7 Å². The zero-order valence-electron chi connectivity index (χ0n) is 11.1. The van der Waals surface area contributed by atoms with Gasteiger partial charge >= 0.3 is 0 Å². The summed E-state index contributed by atoms with van der Waals surface area (Å²) in [6.45, 7) is 1.84. The number of methoxy groups -OCH3 is 1. The fraction of sp³-hybridized carbons (Fsp3) is 0.286. The van der Waals surface area contributed by atoms with Crippen LogP contribution in [-0.2, 0) is 13.5 Å². The maximum atomic E-state index is 12.3. The first-order chi connectivity index (χ1) is 9.01. The summed E-state index contributed by atoms with van der Waals surface area (Å²) in [6, 6.07) is 5.65. The summed E-state index contributed by atoms with van der Waals surface area (Å²) in [6.07, 6.45) is 2.05. The molecule has 4 nitrogen and oxygen atoms in total. The number of rotatable bonds is 4. The Labute approximate surface area is 120 Å². The van der Waals surface area contributed by atoms with Crippen molar-refractivity contribution in [3.63, 3.8) is 0 Å². The van der Waals surface area contributed by atoms with Gasteiger partial charge in [0.15, 0.2) is 5.78 Å². The molecule has 2 rings (SSSR count). The first-order valence-corrected chi connectivity index (χ1v) is 6.66. The van der Waals surface area contributed by atoms with Gasteiger partial charge in [-0.1, -0.05) is 15.9 Å². The topological polar surface area (TPSA) is 44.1 Å². The number of benzene rings is 1. The Hall–Kier alpha value is -1.62. The van der Waals surface area contributed by atoms with E-state index in [9.17, 15) is 4.79 Å². The lowest BCUT2D eigenvalue weighted by atomic mass is 10.0. The van der Waals surface area contributed by atoms with Crippen LogP contribution in [0.2, 0.25) is 0 Å². The molecule has 0 aliphatic rings. The van der Waals surface area contributed by atoms with Crippen LogP contribution in [-0.4, -0.2) is 22.7 Å². The van der Waals surface area contributed by atoms with Gasteiger partial charge in [-0.3, -0.25) is 9.48 Å². The highest BCUT2D eigenvalue weighted by Crippen LogP contribution is 2.24. The van der Waals surface area contributed by atoms with E-state index in [2.05, 4.69) is 21.0 Å². The molecule has 0 saturated heterocycles. The van der Waals surface area contributed by atoms with Gasteiger partial charge in [0.05, 0.1) is 18.4 Å². The van der Waals surface area contributed by atoms with Crippen LogP contribution in [0, 0.1) is 6.92 Å². The predicted molar refractivity (Wildman–Crippen MR) is 76.7 cm³/mol. The number of Topliss-reactive ketones (excluding diaryl/α,β-unsaturated/α-hetero) is 1. The maximum absolute atomic E-state index is 12.3. The van der Waals surface area contributed by atoms with Crippen LogP contribution < -0.4 is 4.74 Å².